The van der Waals surface area contributed by atoms with E-state index in [0.717, 1.165) is 0 Å². The molecule has 4 N–H and O–H groups in total. The molecule has 4 atom stereocenters. The molecule has 202 valence electrons. The van der Waals surface area contributed by atoms with Crippen molar-refractivity contribution >= 4 is 17.8 Å². The van der Waals surface area contributed by atoms with E-state index < -0.39 is 41.8 Å². The van der Waals surface area contributed by atoms with Gasteiger partial charge in [-0.15, -0.1) is 0 Å². The number of hydrogen-bond acceptors (Lipinski definition) is 8. The molecular weight excluding hydrogens is 500 g/mol. The van der Waals surface area contributed by atoms with E-state index in [0.29, 0.717) is 31.9 Å². The summed E-state index contributed by atoms with van der Waals surface area (Å²) in [7, 11) is 0. The minimum atomic E-state index is -4.70. The van der Waals surface area contributed by atoms with Gasteiger partial charge in [-0.25, -0.2) is 15.4 Å². The Morgan fingerprint density at radius 3 is 2.58 bits per heavy atom. The third kappa shape index (κ3) is 7.64. The lowest BCUT2D eigenvalue weighted by Gasteiger charge is -2.35. The third-order valence-corrected chi connectivity index (χ3v) is 5.75. The van der Waals surface area contributed by atoms with Crippen molar-refractivity contribution in [3.05, 3.63) is 18.0 Å². The molecule has 36 heavy (non-hydrogen) atoms. The van der Waals surface area contributed by atoms with E-state index in [1.807, 2.05) is 5.43 Å². The molecule has 0 radical (unpaired) electrons. The van der Waals surface area contributed by atoms with E-state index in [1.54, 1.807) is 11.8 Å². The van der Waals surface area contributed by atoms with E-state index in [9.17, 15) is 35.9 Å². The van der Waals surface area contributed by atoms with Gasteiger partial charge in [0.15, 0.2) is 5.92 Å². The molecular formula is C20H27F6N7O3. The lowest BCUT2D eigenvalue weighted by molar-refractivity contribution is -0.193. The Morgan fingerprint density at radius 2 is 1.94 bits per heavy atom. The third-order valence-electron chi connectivity index (χ3n) is 5.75. The number of alkyl halides is 6. The summed E-state index contributed by atoms with van der Waals surface area (Å²) in [6, 6.07) is -1.90. The molecule has 3 rings (SSSR count). The maximum Gasteiger partial charge on any atom is 0.419 e. The molecule has 2 amide bonds. The van der Waals surface area contributed by atoms with E-state index in [-0.39, 0.29) is 44.1 Å². The molecule has 3 unspecified atom stereocenters. The van der Waals surface area contributed by atoms with Crippen LogP contribution in [-0.4, -0.2) is 83.8 Å². The number of likely N-dealkylation sites (tertiary alicyclic amines) is 1. The van der Waals surface area contributed by atoms with Crippen LogP contribution in [0.2, 0.25) is 0 Å². The van der Waals surface area contributed by atoms with Crippen molar-refractivity contribution in [3.63, 3.8) is 0 Å². The molecule has 2 aliphatic rings. The molecule has 0 aliphatic carbocycles. The van der Waals surface area contributed by atoms with Crippen LogP contribution in [0.5, 0.6) is 0 Å². The average molecular weight is 527 g/mol. The smallest absolute Gasteiger partial charge is 0.379 e. The minimum absolute atomic E-state index is 0.0329. The van der Waals surface area contributed by atoms with Crippen LogP contribution in [0.1, 0.15) is 25.3 Å². The first-order valence-corrected chi connectivity index (χ1v) is 11.2. The van der Waals surface area contributed by atoms with Crippen LogP contribution in [0, 0.1) is 5.92 Å². The van der Waals surface area contributed by atoms with Gasteiger partial charge in [0.05, 0.1) is 25.2 Å². The van der Waals surface area contributed by atoms with Gasteiger partial charge in [0.1, 0.15) is 0 Å². The standard InChI is InChI=1S/C20H27F6N7O3/c1-11(30-14-8-29-32-17(35)16(14)20(24,25)26)10-36-5-3-15(34)33-4-2-13(9-33)31-18-27-6-12(7-28-18)19(21,22)23/h6-7,11,13-14,16,29-30H,2-5,8-10H2,1H3,(H,32,35)(H,27,28,31)/t11-,13?,14?,16?/m0/s1. The van der Waals surface area contributed by atoms with Crippen molar-refractivity contribution in [1.82, 2.24) is 31.0 Å². The highest BCUT2D eigenvalue weighted by Gasteiger charge is 2.51. The highest BCUT2D eigenvalue weighted by molar-refractivity contribution is 5.80. The molecule has 3 heterocycles. The number of hydrogen-bond donors (Lipinski definition) is 4. The molecule has 0 saturated carbocycles. The molecule has 2 fully saturated rings. The number of carbonyl (C=O) groups excluding carboxylic acids is 2. The SMILES string of the molecule is C[C@@H](COCCC(=O)N1CCC(Nc2ncc(C(F)(F)F)cn2)C1)NC1CNNC(=O)C1C(F)(F)F. The van der Waals surface area contributed by atoms with Gasteiger partial charge in [0.2, 0.25) is 17.8 Å². The number of ether oxygens (including phenoxy) is 1. The fourth-order valence-electron chi connectivity index (χ4n) is 3.99. The van der Waals surface area contributed by atoms with Crippen LogP contribution in [0.25, 0.3) is 0 Å². The number of hydrazine groups is 1. The first kappa shape index (κ1) is 27.9. The molecule has 2 saturated heterocycles. The highest BCUT2D eigenvalue weighted by atomic mass is 19.4. The van der Waals surface area contributed by atoms with Crippen molar-refractivity contribution in [2.24, 2.45) is 5.92 Å². The first-order valence-electron chi connectivity index (χ1n) is 11.2. The summed E-state index contributed by atoms with van der Waals surface area (Å²) in [5, 5.41) is 5.65. The summed E-state index contributed by atoms with van der Waals surface area (Å²) in [6.45, 7) is 2.34. The zero-order valence-electron chi connectivity index (χ0n) is 19.2. The number of nitrogens with zero attached hydrogens (tertiary/aromatic N) is 3. The van der Waals surface area contributed by atoms with Gasteiger partial charge in [-0.1, -0.05) is 0 Å². The predicted octanol–water partition coefficient (Wildman–Crippen LogP) is 1.07. The van der Waals surface area contributed by atoms with E-state index >= 15 is 0 Å². The number of rotatable bonds is 9. The second kappa shape index (κ2) is 11.6. The highest BCUT2D eigenvalue weighted by Crippen LogP contribution is 2.30. The molecule has 1 aromatic heterocycles. The van der Waals surface area contributed by atoms with Crippen LogP contribution in [0.3, 0.4) is 0 Å². The van der Waals surface area contributed by atoms with Gasteiger partial charge in [-0.3, -0.25) is 15.0 Å². The quantitative estimate of drug-likeness (QED) is 0.278. The first-order chi connectivity index (χ1) is 16.8. The van der Waals surface area contributed by atoms with Gasteiger partial charge in [0.25, 0.3) is 0 Å². The van der Waals surface area contributed by atoms with Gasteiger partial charge in [-0.2, -0.15) is 26.3 Å². The van der Waals surface area contributed by atoms with Crippen LogP contribution >= 0.6 is 0 Å². The van der Waals surface area contributed by atoms with E-state index in [1.165, 1.54) is 0 Å². The minimum Gasteiger partial charge on any atom is -0.379 e. The zero-order chi connectivity index (χ0) is 26.5. The molecule has 0 aromatic carbocycles. The fourth-order valence-corrected chi connectivity index (χ4v) is 3.99. The fraction of sp³-hybridized carbons (Fsp3) is 0.700. The van der Waals surface area contributed by atoms with E-state index in [4.69, 9.17) is 4.74 Å². The lowest BCUT2D eigenvalue weighted by atomic mass is 9.96. The number of aromatic nitrogens is 2. The number of anilines is 1. The Morgan fingerprint density at radius 1 is 1.25 bits per heavy atom. The molecule has 0 spiro atoms. The summed E-state index contributed by atoms with van der Waals surface area (Å²) in [5.41, 5.74) is 3.45. The van der Waals surface area contributed by atoms with Gasteiger partial charge in [0, 0.05) is 50.2 Å². The molecule has 16 heteroatoms. The molecule has 10 nitrogen and oxygen atoms in total. The Hall–Kier alpha value is -2.72. The van der Waals surface area contributed by atoms with Crippen molar-refractivity contribution in [3.8, 4) is 0 Å². The number of nitrogens with one attached hydrogen (secondary N) is 4. The summed E-state index contributed by atoms with van der Waals surface area (Å²) in [6.07, 6.45) is -7.25. The van der Waals surface area contributed by atoms with Crippen LogP contribution in [0.4, 0.5) is 32.3 Å². The zero-order valence-corrected chi connectivity index (χ0v) is 19.2. The Bertz CT molecular complexity index is 899. The topological polar surface area (TPSA) is 121 Å². The van der Waals surface area contributed by atoms with Crippen molar-refractivity contribution in [2.45, 2.75) is 50.2 Å². The average Bonchev–Trinajstić information content (AvgIpc) is 3.24. The summed E-state index contributed by atoms with van der Waals surface area (Å²) < 4.78 is 82.8. The summed E-state index contributed by atoms with van der Waals surface area (Å²) >= 11 is 0. The molecule has 1 aromatic rings. The normalized spacial score (nSPS) is 23.9. The Kier molecular flexibility index (Phi) is 8.94. The number of amides is 2. The predicted molar refractivity (Wildman–Crippen MR) is 113 cm³/mol. The summed E-state index contributed by atoms with van der Waals surface area (Å²) in [5.74, 6) is -3.51. The van der Waals surface area contributed by atoms with Crippen LogP contribution < -0.4 is 21.5 Å². The van der Waals surface area contributed by atoms with Crippen LogP contribution in [0.15, 0.2) is 12.4 Å². The van der Waals surface area contributed by atoms with E-state index in [2.05, 4.69) is 26.0 Å². The maximum atomic E-state index is 13.2. The maximum absolute atomic E-state index is 13.2. The summed E-state index contributed by atoms with van der Waals surface area (Å²) in [4.78, 5) is 32.9. The molecule has 0 bridgehead atoms. The number of carbonyl (C=O) groups is 2. The van der Waals surface area contributed by atoms with Crippen LogP contribution in [-0.2, 0) is 20.5 Å². The lowest BCUT2D eigenvalue weighted by Crippen LogP contribution is -2.64. The Balaban J connectivity index is 1.35. The second-order valence-electron chi connectivity index (χ2n) is 8.65. The van der Waals surface area contributed by atoms with Gasteiger partial charge < -0.3 is 20.3 Å². The van der Waals surface area contributed by atoms with Gasteiger partial charge in [-0.05, 0) is 13.3 Å². The largest absolute Gasteiger partial charge is 0.419 e. The number of halogens is 6. The molecule has 2 aliphatic heterocycles. The second-order valence-corrected chi connectivity index (χ2v) is 8.65. The van der Waals surface area contributed by atoms with Gasteiger partial charge >= 0.3 is 12.4 Å². The van der Waals surface area contributed by atoms with Crippen molar-refractivity contribution in [1.29, 1.82) is 0 Å². The monoisotopic (exact) mass is 527 g/mol. The van der Waals surface area contributed by atoms with Crippen molar-refractivity contribution < 1.29 is 40.7 Å². The van der Waals surface area contributed by atoms with Crippen molar-refractivity contribution in [2.75, 3.05) is 38.2 Å². The Labute approximate surface area is 202 Å².